The summed E-state index contributed by atoms with van der Waals surface area (Å²) in [6, 6.07) is 2.02. The van der Waals surface area contributed by atoms with Crippen LogP contribution < -0.4 is 5.32 Å². The van der Waals surface area contributed by atoms with Gasteiger partial charge in [0, 0.05) is 26.9 Å². The molecule has 1 saturated heterocycles. The highest BCUT2D eigenvalue weighted by Crippen LogP contribution is 2.29. The van der Waals surface area contributed by atoms with E-state index in [0.29, 0.717) is 0 Å². The first-order chi connectivity index (χ1) is 6.27. The van der Waals surface area contributed by atoms with E-state index in [4.69, 9.17) is 4.74 Å². The minimum absolute atomic E-state index is 0.193. The molecule has 0 bridgehead atoms. The van der Waals surface area contributed by atoms with Gasteiger partial charge >= 0.3 is 0 Å². The summed E-state index contributed by atoms with van der Waals surface area (Å²) < 4.78 is 7.37. The van der Waals surface area contributed by atoms with E-state index >= 15 is 0 Å². The summed E-state index contributed by atoms with van der Waals surface area (Å²) in [6.45, 7) is 1.87. The fraction of sp³-hybridized carbons (Fsp3) is 0.667. The number of hydrogen-bond donors (Lipinski definition) is 1. The molecule has 1 aliphatic rings. The maximum Gasteiger partial charge on any atom is 0.125 e. The van der Waals surface area contributed by atoms with Crippen LogP contribution in [0, 0.1) is 0 Å². The molecule has 1 fully saturated rings. The lowest BCUT2D eigenvalue weighted by Crippen LogP contribution is -2.31. The van der Waals surface area contributed by atoms with Gasteiger partial charge in [-0.1, -0.05) is 0 Å². The molecule has 1 N–H and O–H groups in total. The van der Waals surface area contributed by atoms with Gasteiger partial charge in [-0.05, 0) is 19.0 Å². The molecule has 72 valence electrons. The molecule has 4 nitrogen and oxygen atoms in total. The molecule has 0 spiro atoms. The number of hydrogen-bond acceptors (Lipinski definition) is 3. The quantitative estimate of drug-likeness (QED) is 0.711. The van der Waals surface area contributed by atoms with E-state index in [9.17, 15) is 0 Å². The smallest absolute Gasteiger partial charge is 0.125 e. The highest BCUT2D eigenvalue weighted by atomic mass is 16.5. The molecular formula is C9H15N3O. The summed E-state index contributed by atoms with van der Waals surface area (Å²) in [6.07, 6.45) is 2.95. The van der Waals surface area contributed by atoms with E-state index in [1.165, 1.54) is 0 Å². The molecule has 4 heteroatoms. The minimum Gasteiger partial charge on any atom is -0.370 e. The van der Waals surface area contributed by atoms with Crippen molar-refractivity contribution in [1.29, 1.82) is 0 Å². The van der Waals surface area contributed by atoms with Gasteiger partial charge in [0.1, 0.15) is 5.60 Å². The first-order valence-corrected chi connectivity index (χ1v) is 4.53. The molecule has 0 aromatic carbocycles. The molecular weight excluding hydrogens is 166 g/mol. The Kier molecular flexibility index (Phi) is 2.09. The monoisotopic (exact) mass is 181 g/mol. The van der Waals surface area contributed by atoms with E-state index in [1.54, 1.807) is 7.11 Å². The number of nitrogens with zero attached hydrogens (tertiary/aromatic N) is 2. The summed E-state index contributed by atoms with van der Waals surface area (Å²) in [5.74, 6) is 0. The molecule has 0 aliphatic carbocycles. The van der Waals surface area contributed by atoms with Gasteiger partial charge in [0.2, 0.25) is 0 Å². The third-order valence-corrected chi connectivity index (χ3v) is 2.69. The SMILES string of the molecule is COC1(c2ccn(C)n2)CCNC1. The van der Waals surface area contributed by atoms with E-state index < -0.39 is 0 Å². The third kappa shape index (κ3) is 1.36. The Hall–Kier alpha value is -0.870. The second kappa shape index (κ2) is 3.12. The molecule has 0 radical (unpaired) electrons. The van der Waals surface area contributed by atoms with Gasteiger partial charge in [0.25, 0.3) is 0 Å². The molecule has 1 atom stereocenters. The van der Waals surface area contributed by atoms with Crippen molar-refractivity contribution in [3.05, 3.63) is 18.0 Å². The van der Waals surface area contributed by atoms with Crippen LogP contribution in [0.5, 0.6) is 0 Å². The molecule has 0 amide bonds. The lowest BCUT2D eigenvalue weighted by atomic mass is 9.99. The molecule has 1 aromatic rings. The van der Waals surface area contributed by atoms with Crippen LogP contribution in [0.4, 0.5) is 0 Å². The largest absolute Gasteiger partial charge is 0.370 e. The Bertz CT molecular complexity index is 289. The molecule has 1 aliphatic heterocycles. The topological polar surface area (TPSA) is 39.1 Å². The van der Waals surface area contributed by atoms with E-state index in [2.05, 4.69) is 10.4 Å². The van der Waals surface area contributed by atoms with Crippen molar-refractivity contribution in [2.45, 2.75) is 12.0 Å². The van der Waals surface area contributed by atoms with Crippen LogP contribution in [0.25, 0.3) is 0 Å². The van der Waals surface area contributed by atoms with Crippen molar-refractivity contribution >= 4 is 0 Å². The zero-order chi connectivity index (χ0) is 9.31. The average molecular weight is 181 g/mol. The lowest BCUT2D eigenvalue weighted by molar-refractivity contribution is -0.000823. The van der Waals surface area contributed by atoms with Gasteiger partial charge in [0.05, 0.1) is 5.69 Å². The number of rotatable bonds is 2. The second-order valence-electron chi connectivity index (χ2n) is 3.50. The highest BCUT2D eigenvalue weighted by Gasteiger charge is 2.37. The zero-order valence-corrected chi connectivity index (χ0v) is 8.08. The minimum atomic E-state index is -0.193. The number of methoxy groups -OCH3 is 1. The van der Waals surface area contributed by atoms with Crippen molar-refractivity contribution in [3.8, 4) is 0 Å². The molecule has 0 saturated carbocycles. The predicted molar refractivity (Wildman–Crippen MR) is 49.4 cm³/mol. The highest BCUT2D eigenvalue weighted by molar-refractivity contribution is 5.14. The molecule has 1 aromatic heterocycles. The number of ether oxygens (including phenoxy) is 1. The summed E-state index contributed by atoms with van der Waals surface area (Å²) in [5, 5.41) is 7.68. The standard InChI is InChI=1S/C9H15N3O/c1-12-6-3-8(11-12)9(13-2)4-5-10-7-9/h3,6,10H,4-5,7H2,1-2H3. The van der Waals surface area contributed by atoms with Gasteiger partial charge < -0.3 is 10.1 Å². The van der Waals surface area contributed by atoms with Gasteiger partial charge in [-0.2, -0.15) is 5.10 Å². The van der Waals surface area contributed by atoms with Crippen molar-refractivity contribution in [2.24, 2.45) is 7.05 Å². The van der Waals surface area contributed by atoms with Crippen LogP contribution in [-0.2, 0) is 17.4 Å². The van der Waals surface area contributed by atoms with Crippen molar-refractivity contribution in [1.82, 2.24) is 15.1 Å². The van der Waals surface area contributed by atoms with Crippen LogP contribution in [0.1, 0.15) is 12.1 Å². The van der Waals surface area contributed by atoms with E-state index in [-0.39, 0.29) is 5.60 Å². The Morgan fingerprint density at radius 3 is 3.00 bits per heavy atom. The van der Waals surface area contributed by atoms with Crippen molar-refractivity contribution in [3.63, 3.8) is 0 Å². The van der Waals surface area contributed by atoms with Crippen molar-refractivity contribution in [2.75, 3.05) is 20.2 Å². The second-order valence-corrected chi connectivity index (χ2v) is 3.50. The molecule has 13 heavy (non-hydrogen) atoms. The van der Waals surface area contributed by atoms with Crippen LogP contribution in [0.3, 0.4) is 0 Å². The summed E-state index contributed by atoms with van der Waals surface area (Å²) in [5.41, 5.74) is 0.837. The molecule has 2 heterocycles. The average Bonchev–Trinajstić information content (AvgIpc) is 2.73. The van der Waals surface area contributed by atoms with Crippen LogP contribution in [0.2, 0.25) is 0 Å². The first kappa shape index (κ1) is 8.72. The Balaban J connectivity index is 2.30. The van der Waals surface area contributed by atoms with Crippen LogP contribution in [-0.4, -0.2) is 30.0 Å². The Labute approximate surface area is 77.9 Å². The predicted octanol–water partition coefficient (Wildman–Crippen LogP) is 0.255. The maximum atomic E-state index is 5.56. The summed E-state index contributed by atoms with van der Waals surface area (Å²) in [4.78, 5) is 0. The molecule has 1 unspecified atom stereocenters. The van der Waals surface area contributed by atoms with Crippen molar-refractivity contribution < 1.29 is 4.74 Å². The van der Waals surface area contributed by atoms with E-state index in [0.717, 1.165) is 25.2 Å². The van der Waals surface area contributed by atoms with Gasteiger partial charge in [-0.25, -0.2) is 0 Å². The summed E-state index contributed by atoms with van der Waals surface area (Å²) in [7, 11) is 3.68. The van der Waals surface area contributed by atoms with Gasteiger partial charge in [0.15, 0.2) is 0 Å². The van der Waals surface area contributed by atoms with E-state index in [1.807, 2.05) is 24.0 Å². The third-order valence-electron chi connectivity index (χ3n) is 2.69. The Morgan fingerprint density at radius 2 is 2.54 bits per heavy atom. The Morgan fingerprint density at radius 1 is 1.69 bits per heavy atom. The first-order valence-electron chi connectivity index (χ1n) is 4.53. The summed E-state index contributed by atoms with van der Waals surface area (Å²) >= 11 is 0. The van der Waals surface area contributed by atoms with Crippen LogP contribution in [0.15, 0.2) is 12.3 Å². The van der Waals surface area contributed by atoms with Gasteiger partial charge in [-0.15, -0.1) is 0 Å². The number of aromatic nitrogens is 2. The fourth-order valence-corrected chi connectivity index (χ4v) is 1.82. The normalized spacial score (nSPS) is 28.2. The number of aryl methyl sites for hydroxylation is 1. The van der Waals surface area contributed by atoms with Gasteiger partial charge in [-0.3, -0.25) is 4.68 Å². The van der Waals surface area contributed by atoms with Crippen LogP contribution >= 0.6 is 0 Å². The zero-order valence-electron chi connectivity index (χ0n) is 8.08. The fourth-order valence-electron chi connectivity index (χ4n) is 1.82. The lowest BCUT2D eigenvalue weighted by Gasteiger charge is -2.23. The maximum absolute atomic E-state index is 5.56. The number of nitrogens with one attached hydrogen (secondary N) is 1. The molecule has 2 rings (SSSR count).